The van der Waals surface area contributed by atoms with Gasteiger partial charge < -0.3 is 5.11 Å². The van der Waals surface area contributed by atoms with Crippen molar-refractivity contribution in [3.63, 3.8) is 0 Å². The summed E-state index contributed by atoms with van der Waals surface area (Å²) in [6.07, 6.45) is 1.91. The Morgan fingerprint density at radius 1 is 1.14 bits per heavy atom. The van der Waals surface area contributed by atoms with Gasteiger partial charge in [0.05, 0.1) is 10.6 Å². The number of imidazole rings is 1. The second-order valence-corrected chi connectivity index (χ2v) is 6.63. The zero-order valence-corrected chi connectivity index (χ0v) is 12.9. The predicted molar refractivity (Wildman–Crippen MR) is 88.8 cm³/mol. The van der Waals surface area contributed by atoms with Crippen LogP contribution < -0.4 is 0 Å². The lowest BCUT2D eigenvalue weighted by molar-refractivity contribution is 0.0702. The number of fused-ring (bicyclic) bond motifs is 1. The maximum absolute atomic E-state index is 11.5. The summed E-state index contributed by atoms with van der Waals surface area (Å²) < 4.78 is 1.87. The van der Waals surface area contributed by atoms with E-state index in [1.165, 1.54) is 11.3 Å². The summed E-state index contributed by atoms with van der Waals surface area (Å²) in [5.74, 6) is -0.924. The highest BCUT2D eigenvalue weighted by Gasteiger charge is 2.21. The van der Waals surface area contributed by atoms with E-state index in [1.54, 1.807) is 11.3 Å². The minimum absolute atomic E-state index is 0.312. The van der Waals surface area contributed by atoms with Gasteiger partial charge in [0.2, 0.25) is 0 Å². The molecule has 0 fully saturated rings. The van der Waals surface area contributed by atoms with Crippen molar-refractivity contribution >= 4 is 33.6 Å². The maximum Gasteiger partial charge on any atom is 0.348 e. The lowest BCUT2D eigenvalue weighted by Gasteiger charge is -2.01. The molecule has 0 spiro atoms. The molecule has 0 saturated carbocycles. The van der Waals surface area contributed by atoms with Crippen molar-refractivity contribution < 1.29 is 9.90 Å². The molecule has 0 atom stereocenters. The molecule has 0 aliphatic heterocycles. The van der Waals surface area contributed by atoms with Gasteiger partial charge in [0.1, 0.15) is 10.6 Å². The van der Waals surface area contributed by atoms with Crippen LogP contribution in [0.4, 0.5) is 0 Å². The number of carboxylic acid groups (broad SMARTS) is 1. The van der Waals surface area contributed by atoms with Crippen molar-refractivity contribution in [1.82, 2.24) is 9.38 Å². The lowest BCUT2D eigenvalue weighted by atomic mass is 10.1. The molecule has 1 N–H and O–H groups in total. The van der Waals surface area contributed by atoms with E-state index in [1.807, 2.05) is 58.4 Å². The molecule has 6 heteroatoms. The number of thiazole rings is 1. The first-order valence-electron chi connectivity index (χ1n) is 6.58. The minimum atomic E-state index is -0.924. The van der Waals surface area contributed by atoms with Crippen LogP contribution in [-0.4, -0.2) is 20.5 Å². The lowest BCUT2D eigenvalue weighted by Crippen LogP contribution is -1.97. The Hall–Kier alpha value is -2.44. The van der Waals surface area contributed by atoms with E-state index in [2.05, 4.69) is 4.98 Å². The zero-order chi connectivity index (χ0) is 15.1. The highest BCUT2D eigenvalue weighted by Crippen LogP contribution is 2.34. The minimum Gasteiger partial charge on any atom is -0.477 e. The van der Waals surface area contributed by atoms with E-state index in [0.29, 0.717) is 15.5 Å². The van der Waals surface area contributed by atoms with Crippen molar-refractivity contribution in [1.29, 1.82) is 0 Å². The molecular formula is C16H10N2O2S2. The normalized spacial score (nSPS) is 11.1. The summed E-state index contributed by atoms with van der Waals surface area (Å²) in [5.41, 5.74) is 2.43. The highest BCUT2D eigenvalue weighted by atomic mass is 32.1. The van der Waals surface area contributed by atoms with Gasteiger partial charge in [-0.05, 0) is 11.4 Å². The number of rotatable bonds is 3. The predicted octanol–water partition coefficient (Wildman–Crippen LogP) is 4.49. The first-order valence-corrected chi connectivity index (χ1v) is 8.28. The van der Waals surface area contributed by atoms with E-state index in [4.69, 9.17) is 0 Å². The van der Waals surface area contributed by atoms with Crippen molar-refractivity contribution in [2.75, 3.05) is 0 Å². The summed E-state index contributed by atoms with van der Waals surface area (Å²) in [6, 6.07) is 13.5. The van der Waals surface area contributed by atoms with Crippen molar-refractivity contribution in [3.05, 3.63) is 58.9 Å². The van der Waals surface area contributed by atoms with E-state index in [0.717, 1.165) is 16.1 Å². The molecule has 0 unspecified atom stereocenters. The fraction of sp³-hybridized carbons (Fsp3) is 0. The Balaban J connectivity index is 1.99. The number of aromatic nitrogens is 2. The molecule has 0 aliphatic carbocycles. The SMILES string of the molecule is O=C(O)c1sc2nc(-c3cccs3)cn2c1-c1ccccc1. The van der Waals surface area contributed by atoms with Crippen molar-refractivity contribution in [2.45, 2.75) is 0 Å². The van der Waals surface area contributed by atoms with Crippen molar-refractivity contribution in [2.24, 2.45) is 0 Å². The van der Waals surface area contributed by atoms with E-state index < -0.39 is 5.97 Å². The fourth-order valence-electron chi connectivity index (χ4n) is 2.40. The Morgan fingerprint density at radius 3 is 2.64 bits per heavy atom. The second-order valence-electron chi connectivity index (χ2n) is 4.71. The van der Waals surface area contributed by atoms with Crippen LogP contribution in [0.5, 0.6) is 0 Å². The molecule has 0 saturated heterocycles. The molecule has 0 amide bonds. The Bertz CT molecular complexity index is 953. The molecule has 4 nitrogen and oxygen atoms in total. The highest BCUT2D eigenvalue weighted by molar-refractivity contribution is 7.19. The first kappa shape index (κ1) is 13.2. The molecule has 4 rings (SSSR count). The Kier molecular flexibility index (Phi) is 3.06. The van der Waals surface area contributed by atoms with Crippen LogP contribution in [0.25, 0.3) is 26.8 Å². The molecule has 3 aromatic heterocycles. The number of hydrogen-bond donors (Lipinski definition) is 1. The van der Waals surface area contributed by atoms with Gasteiger partial charge in [-0.3, -0.25) is 4.40 Å². The maximum atomic E-state index is 11.5. The van der Waals surface area contributed by atoms with Gasteiger partial charge >= 0.3 is 5.97 Å². The van der Waals surface area contributed by atoms with Crippen LogP contribution in [0, 0.1) is 0 Å². The van der Waals surface area contributed by atoms with Gasteiger partial charge in [0.15, 0.2) is 4.96 Å². The largest absolute Gasteiger partial charge is 0.477 e. The monoisotopic (exact) mass is 326 g/mol. The van der Waals surface area contributed by atoms with Crippen LogP contribution in [0.3, 0.4) is 0 Å². The number of carbonyl (C=O) groups is 1. The number of nitrogens with zero attached hydrogens (tertiary/aromatic N) is 2. The summed E-state index contributed by atoms with van der Waals surface area (Å²) in [4.78, 5) is 18.2. The number of hydrogen-bond acceptors (Lipinski definition) is 4. The zero-order valence-electron chi connectivity index (χ0n) is 11.3. The molecular weight excluding hydrogens is 316 g/mol. The standard InChI is InChI=1S/C16H10N2O2S2/c19-15(20)14-13(10-5-2-1-3-6-10)18-9-11(17-16(18)22-14)12-7-4-8-21-12/h1-9H,(H,19,20). The van der Waals surface area contributed by atoms with E-state index in [-0.39, 0.29) is 0 Å². The first-order chi connectivity index (χ1) is 10.7. The van der Waals surface area contributed by atoms with Gasteiger partial charge in [0.25, 0.3) is 0 Å². The third kappa shape index (κ3) is 2.04. The number of thiophene rings is 1. The van der Waals surface area contributed by atoms with Gasteiger partial charge in [0, 0.05) is 11.8 Å². The molecule has 0 aliphatic rings. The third-order valence-corrected chi connectivity index (χ3v) is 5.27. The van der Waals surface area contributed by atoms with Crippen LogP contribution in [0.15, 0.2) is 54.0 Å². The van der Waals surface area contributed by atoms with Crippen LogP contribution in [0.2, 0.25) is 0 Å². The van der Waals surface area contributed by atoms with Crippen LogP contribution in [0.1, 0.15) is 9.67 Å². The summed E-state index contributed by atoms with van der Waals surface area (Å²) in [5, 5.41) is 11.5. The molecule has 22 heavy (non-hydrogen) atoms. The number of carboxylic acids is 1. The van der Waals surface area contributed by atoms with Gasteiger partial charge in [-0.2, -0.15) is 0 Å². The average Bonchev–Trinajstić information content (AvgIpc) is 3.22. The molecule has 4 aromatic rings. The number of benzene rings is 1. The Morgan fingerprint density at radius 2 is 1.95 bits per heavy atom. The summed E-state index contributed by atoms with van der Waals surface area (Å²) in [6.45, 7) is 0. The third-order valence-electron chi connectivity index (χ3n) is 3.34. The topological polar surface area (TPSA) is 54.6 Å². The summed E-state index contributed by atoms with van der Waals surface area (Å²) in [7, 11) is 0. The van der Waals surface area contributed by atoms with Crippen LogP contribution >= 0.6 is 22.7 Å². The Labute approximate surface area is 133 Å². The van der Waals surface area contributed by atoms with Gasteiger partial charge in [-0.1, -0.05) is 47.7 Å². The quantitative estimate of drug-likeness (QED) is 0.603. The molecule has 3 heterocycles. The molecule has 1 aromatic carbocycles. The summed E-state index contributed by atoms with van der Waals surface area (Å²) >= 11 is 2.82. The second kappa shape index (κ2) is 5.08. The van der Waals surface area contributed by atoms with Gasteiger partial charge in [-0.25, -0.2) is 9.78 Å². The van der Waals surface area contributed by atoms with Crippen LogP contribution in [-0.2, 0) is 0 Å². The molecule has 0 bridgehead atoms. The average molecular weight is 326 g/mol. The van der Waals surface area contributed by atoms with E-state index >= 15 is 0 Å². The smallest absolute Gasteiger partial charge is 0.348 e. The van der Waals surface area contributed by atoms with Gasteiger partial charge in [-0.15, -0.1) is 11.3 Å². The number of aromatic carboxylic acids is 1. The molecule has 0 radical (unpaired) electrons. The molecule has 108 valence electrons. The van der Waals surface area contributed by atoms with E-state index in [9.17, 15) is 9.90 Å². The van der Waals surface area contributed by atoms with Crippen molar-refractivity contribution in [3.8, 4) is 21.8 Å². The fourth-order valence-corrected chi connectivity index (χ4v) is 4.05.